The lowest BCUT2D eigenvalue weighted by molar-refractivity contribution is 0.434. The predicted octanol–water partition coefficient (Wildman–Crippen LogP) is 1.25. The maximum absolute atomic E-state index is 3.50. The molecule has 0 amide bonds. The minimum atomic E-state index is 0.972. The molecule has 1 nitrogen and oxygen atoms in total. The summed E-state index contributed by atoms with van der Waals surface area (Å²) in [5.41, 5.74) is 1.97. The molecule has 4 aliphatic carbocycles. The molecule has 4 rings (SSSR count). The van der Waals surface area contributed by atoms with Gasteiger partial charge in [0.1, 0.15) is 0 Å². The maximum Gasteiger partial charge on any atom is -0.00120 e. The van der Waals surface area contributed by atoms with Crippen molar-refractivity contribution in [1.29, 1.82) is 0 Å². The first kappa shape index (κ1) is 5.58. The summed E-state index contributed by atoms with van der Waals surface area (Å²) < 4.78 is 0. The number of nitrogens with one attached hydrogen (secondary N) is 1. The summed E-state index contributed by atoms with van der Waals surface area (Å²) in [7, 11) is 0. The largest absolute Gasteiger partial charge is 0.317 e. The summed E-state index contributed by atoms with van der Waals surface area (Å²) in [5.74, 6) is 3.56. The molecule has 5 unspecified atom stereocenters. The Hall–Kier alpha value is -0.0400. The zero-order valence-corrected chi connectivity index (χ0v) is 7.06. The van der Waals surface area contributed by atoms with Crippen LogP contribution >= 0.6 is 0 Å². The van der Waals surface area contributed by atoms with Crippen molar-refractivity contribution in [1.82, 2.24) is 5.32 Å². The SMILES string of the molecule is CCNCC1C2C3CC34CC124. The summed E-state index contributed by atoms with van der Waals surface area (Å²) in [5, 5.41) is 3.50. The van der Waals surface area contributed by atoms with Crippen molar-refractivity contribution < 1.29 is 0 Å². The molecule has 0 aromatic carbocycles. The molecule has 0 saturated heterocycles. The van der Waals surface area contributed by atoms with Crippen LogP contribution in [0.15, 0.2) is 0 Å². The Bertz CT molecular complexity index is 249. The van der Waals surface area contributed by atoms with Crippen LogP contribution in [0, 0.1) is 28.6 Å². The van der Waals surface area contributed by atoms with Crippen LogP contribution < -0.4 is 5.32 Å². The van der Waals surface area contributed by atoms with Crippen molar-refractivity contribution in [3.8, 4) is 0 Å². The van der Waals surface area contributed by atoms with E-state index < -0.39 is 0 Å². The Kier molecular flexibility index (Phi) is 0.602. The van der Waals surface area contributed by atoms with Crippen LogP contribution in [0.5, 0.6) is 0 Å². The summed E-state index contributed by atoms with van der Waals surface area (Å²) >= 11 is 0. The summed E-state index contributed by atoms with van der Waals surface area (Å²) in [6, 6.07) is 0. The average molecular weight is 149 g/mol. The van der Waals surface area contributed by atoms with Crippen LogP contribution in [0.4, 0.5) is 0 Å². The van der Waals surface area contributed by atoms with Gasteiger partial charge in [-0.1, -0.05) is 6.92 Å². The molecule has 1 heteroatoms. The maximum atomic E-state index is 3.50. The average Bonchev–Trinajstić information content (AvgIpc) is 2.92. The first-order valence-corrected chi connectivity index (χ1v) is 5.07. The predicted molar refractivity (Wildman–Crippen MR) is 43.1 cm³/mol. The van der Waals surface area contributed by atoms with E-state index in [1.807, 2.05) is 0 Å². The number of hydrogen-bond donors (Lipinski definition) is 1. The Balaban J connectivity index is 1.51. The molecule has 0 aromatic rings. The number of fused-ring (bicyclic) bond motifs is 1. The summed E-state index contributed by atoms with van der Waals surface area (Å²) in [6.45, 7) is 4.71. The van der Waals surface area contributed by atoms with Gasteiger partial charge >= 0.3 is 0 Å². The Labute approximate surface area is 67.6 Å². The number of rotatable bonds is 3. The van der Waals surface area contributed by atoms with Crippen molar-refractivity contribution >= 4 is 0 Å². The van der Waals surface area contributed by atoms with Crippen molar-refractivity contribution in [3.05, 3.63) is 0 Å². The highest BCUT2D eigenvalue weighted by Gasteiger charge is 3.04. The van der Waals surface area contributed by atoms with Crippen LogP contribution in [0.3, 0.4) is 0 Å². The van der Waals surface area contributed by atoms with Crippen LogP contribution in [-0.2, 0) is 0 Å². The quantitative estimate of drug-likeness (QED) is 0.637. The lowest BCUT2D eigenvalue weighted by Crippen LogP contribution is -2.16. The Morgan fingerprint density at radius 1 is 1.55 bits per heavy atom. The number of hydrogen-bond acceptors (Lipinski definition) is 1. The topological polar surface area (TPSA) is 12.0 Å². The highest BCUT2D eigenvalue weighted by Crippen LogP contribution is 3.09. The molecule has 11 heavy (non-hydrogen) atoms. The highest BCUT2D eigenvalue weighted by molar-refractivity contribution is 5.52. The third-order valence-corrected chi connectivity index (χ3v) is 5.17. The molecule has 60 valence electrons. The molecule has 0 aromatic heterocycles. The molecule has 0 heterocycles. The summed E-state index contributed by atoms with van der Waals surface area (Å²) in [6.07, 6.45) is 3.26. The van der Waals surface area contributed by atoms with Gasteiger partial charge in [-0.15, -0.1) is 0 Å². The lowest BCUT2D eigenvalue weighted by Gasteiger charge is -2.02. The molecule has 0 aliphatic heterocycles. The standard InChI is InChI=1S/C10H15N/c1-2-11-4-7-8-6-3-9(6)5-10(7,8)9/h6-8,11H,2-5H2,1H3. The molecule has 4 fully saturated rings. The fourth-order valence-electron chi connectivity index (χ4n) is 4.67. The van der Waals surface area contributed by atoms with Crippen molar-refractivity contribution in [2.24, 2.45) is 28.6 Å². The van der Waals surface area contributed by atoms with Crippen LogP contribution in [0.25, 0.3) is 0 Å². The van der Waals surface area contributed by atoms with E-state index >= 15 is 0 Å². The van der Waals surface area contributed by atoms with E-state index in [4.69, 9.17) is 0 Å². The van der Waals surface area contributed by atoms with E-state index in [9.17, 15) is 0 Å². The van der Waals surface area contributed by atoms with Crippen LogP contribution in [-0.4, -0.2) is 13.1 Å². The zero-order valence-electron chi connectivity index (χ0n) is 7.06. The molecule has 0 radical (unpaired) electrons. The van der Waals surface area contributed by atoms with E-state index in [1.54, 1.807) is 12.8 Å². The monoisotopic (exact) mass is 149 g/mol. The molecule has 2 spiro atoms. The molecule has 5 atom stereocenters. The molecule has 4 saturated carbocycles. The molecule has 4 aliphatic rings. The fourth-order valence-corrected chi connectivity index (χ4v) is 4.67. The van der Waals surface area contributed by atoms with Gasteiger partial charge in [0.25, 0.3) is 0 Å². The van der Waals surface area contributed by atoms with E-state index in [0.717, 1.165) is 23.3 Å². The minimum absolute atomic E-state index is 0.972. The zero-order chi connectivity index (χ0) is 7.27. The molecule has 0 bridgehead atoms. The first-order valence-electron chi connectivity index (χ1n) is 5.07. The van der Waals surface area contributed by atoms with Crippen LogP contribution in [0.1, 0.15) is 19.8 Å². The van der Waals surface area contributed by atoms with E-state index in [0.29, 0.717) is 0 Å². The van der Waals surface area contributed by atoms with Crippen molar-refractivity contribution in [2.45, 2.75) is 19.8 Å². The third kappa shape index (κ3) is 0.327. The highest BCUT2D eigenvalue weighted by atomic mass is 15.1. The molecular formula is C10H15N. The minimum Gasteiger partial charge on any atom is -0.317 e. The normalized spacial score (nSPS) is 72.3. The second-order valence-corrected chi connectivity index (χ2v) is 5.12. The van der Waals surface area contributed by atoms with Crippen LogP contribution in [0.2, 0.25) is 0 Å². The molecule has 1 N–H and O–H groups in total. The second kappa shape index (κ2) is 1.19. The smallest absolute Gasteiger partial charge is 0.00120 e. The van der Waals surface area contributed by atoms with Gasteiger partial charge in [0.05, 0.1) is 0 Å². The Morgan fingerprint density at radius 2 is 2.45 bits per heavy atom. The third-order valence-electron chi connectivity index (χ3n) is 5.17. The van der Waals surface area contributed by atoms with Gasteiger partial charge in [-0.2, -0.15) is 0 Å². The second-order valence-electron chi connectivity index (χ2n) is 5.12. The van der Waals surface area contributed by atoms with Gasteiger partial charge in [-0.3, -0.25) is 0 Å². The van der Waals surface area contributed by atoms with E-state index in [-0.39, 0.29) is 0 Å². The van der Waals surface area contributed by atoms with Crippen molar-refractivity contribution in [3.63, 3.8) is 0 Å². The Morgan fingerprint density at radius 3 is 3.00 bits per heavy atom. The molecular weight excluding hydrogens is 134 g/mol. The van der Waals surface area contributed by atoms with Gasteiger partial charge in [-0.25, -0.2) is 0 Å². The van der Waals surface area contributed by atoms with Gasteiger partial charge in [0.2, 0.25) is 0 Å². The fraction of sp³-hybridized carbons (Fsp3) is 1.00. The first-order chi connectivity index (χ1) is 5.37. The lowest BCUT2D eigenvalue weighted by atomic mass is 10.0. The van der Waals surface area contributed by atoms with Crippen molar-refractivity contribution in [2.75, 3.05) is 13.1 Å². The van der Waals surface area contributed by atoms with E-state index in [1.165, 1.54) is 18.4 Å². The summed E-state index contributed by atoms with van der Waals surface area (Å²) in [4.78, 5) is 0. The van der Waals surface area contributed by atoms with Gasteiger partial charge < -0.3 is 5.32 Å². The van der Waals surface area contributed by atoms with Gasteiger partial charge in [-0.05, 0) is 54.5 Å². The van der Waals surface area contributed by atoms with E-state index in [2.05, 4.69) is 12.2 Å². The van der Waals surface area contributed by atoms with Gasteiger partial charge in [0, 0.05) is 0 Å². The van der Waals surface area contributed by atoms with Gasteiger partial charge in [0.15, 0.2) is 0 Å².